The third kappa shape index (κ3) is 2.87. The quantitative estimate of drug-likeness (QED) is 0.673. The second-order valence-corrected chi connectivity index (χ2v) is 3.74. The Morgan fingerprint density at radius 2 is 2.06 bits per heavy atom. The SMILES string of the molecule is CC(NC(=O)c1ccc(N)c(Cl)c1)C(N)=O. The van der Waals surface area contributed by atoms with Gasteiger partial charge in [0, 0.05) is 5.56 Å². The fourth-order valence-electron chi connectivity index (χ4n) is 1.02. The fourth-order valence-corrected chi connectivity index (χ4v) is 1.20. The van der Waals surface area contributed by atoms with E-state index in [0.29, 0.717) is 16.3 Å². The largest absolute Gasteiger partial charge is 0.398 e. The Bertz CT molecular complexity index is 434. The van der Waals surface area contributed by atoms with Gasteiger partial charge in [-0.3, -0.25) is 9.59 Å². The topological polar surface area (TPSA) is 98.2 Å². The van der Waals surface area contributed by atoms with Gasteiger partial charge in [-0.2, -0.15) is 0 Å². The number of nitrogens with one attached hydrogen (secondary N) is 1. The van der Waals surface area contributed by atoms with Crippen LogP contribution in [-0.4, -0.2) is 17.9 Å². The number of nitrogens with two attached hydrogens (primary N) is 2. The Morgan fingerprint density at radius 1 is 1.44 bits per heavy atom. The maximum Gasteiger partial charge on any atom is 0.251 e. The molecular weight excluding hydrogens is 230 g/mol. The number of amides is 2. The molecule has 1 aromatic rings. The van der Waals surface area contributed by atoms with Crippen LogP contribution in [0.2, 0.25) is 5.02 Å². The molecule has 6 heteroatoms. The molecule has 5 nitrogen and oxygen atoms in total. The summed E-state index contributed by atoms with van der Waals surface area (Å²) in [6, 6.07) is 3.74. The van der Waals surface area contributed by atoms with Crippen LogP contribution in [-0.2, 0) is 4.79 Å². The highest BCUT2D eigenvalue weighted by molar-refractivity contribution is 6.33. The molecule has 86 valence electrons. The zero-order valence-electron chi connectivity index (χ0n) is 8.66. The Labute approximate surface area is 97.7 Å². The van der Waals surface area contributed by atoms with Crippen LogP contribution < -0.4 is 16.8 Å². The van der Waals surface area contributed by atoms with Crippen molar-refractivity contribution in [2.24, 2.45) is 5.73 Å². The molecule has 0 radical (unpaired) electrons. The van der Waals surface area contributed by atoms with Crippen molar-refractivity contribution in [1.82, 2.24) is 5.32 Å². The summed E-state index contributed by atoms with van der Waals surface area (Å²) in [6.45, 7) is 1.50. The zero-order chi connectivity index (χ0) is 12.3. The number of hydrogen-bond donors (Lipinski definition) is 3. The van der Waals surface area contributed by atoms with Gasteiger partial charge in [-0.25, -0.2) is 0 Å². The van der Waals surface area contributed by atoms with Gasteiger partial charge in [-0.1, -0.05) is 11.6 Å². The number of nitrogen functional groups attached to an aromatic ring is 1. The van der Waals surface area contributed by atoms with E-state index in [1.165, 1.54) is 25.1 Å². The van der Waals surface area contributed by atoms with Gasteiger partial charge in [-0.15, -0.1) is 0 Å². The van der Waals surface area contributed by atoms with Crippen LogP contribution in [0.25, 0.3) is 0 Å². The molecular formula is C10H12ClN3O2. The van der Waals surface area contributed by atoms with E-state index in [4.69, 9.17) is 23.1 Å². The highest BCUT2D eigenvalue weighted by atomic mass is 35.5. The summed E-state index contributed by atoms with van der Waals surface area (Å²) < 4.78 is 0. The number of halogens is 1. The monoisotopic (exact) mass is 241 g/mol. The van der Waals surface area contributed by atoms with E-state index in [2.05, 4.69) is 5.32 Å². The molecule has 0 heterocycles. The van der Waals surface area contributed by atoms with Crippen LogP contribution in [0, 0.1) is 0 Å². The summed E-state index contributed by atoms with van der Waals surface area (Å²) in [6.07, 6.45) is 0. The molecule has 2 amide bonds. The molecule has 1 rings (SSSR count). The predicted molar refractivity (Wildman–Crippen MR) is 62.0 cm³/mol. The van der Waals surface area contributed by atoms with Gasteiger partial charge in [0.25, 0.3) is 5.91 Å². The van der Waals surface area contributed by atoms with Crippen molar-refractivity contribution in [2.45, 2.75) is 13.0 Å². The van der Waals surface area contributed by atoms with E-state index in [-0.39, 0.29) is 0 Å². The first-order valence-corrected chi connectivity index (χ1v) is 4.95. The summed E-state index contributed by atoms with van der Waals surface area (Å²) in [4.78, 5) is 22.4. The first kappa shape index (κ1) is 12.3. The average molecular weight is 242 g/mol. The first-order chi connectivity index (χ1) is 7.41. The smallest absolute Gasteiger partial charge is 0.251 e. The summed E-state index contributed by atoms with van der Waals surface area (Å²) in [5, 5.41) is 2.72. The lowest BCUT2D eigenvalue weighted by atomic mass is 10.2. The van der Waals surface area contributed by atoms with Crippen LogP contribution in [0.3, 0.4) is 0 Å². The molecule has 0 aliphatic carbocycles. The van der Waals surface area contributed by atoms with E-state index in [1.807, 2.05) is 0 Å². The lowest BCUT2D eigenvalue weighted by Crippen LogP contribution is -2.42. The highest BCUT2D eigenvalue weighted by Gasteiger charge is 2.14. The number of carbonyl (C=O) groups is 2. The molecule has 1 unspecified atom stereocenters. The standard InChI is InChI=1S/C10H12ClN3O2/c1-5(9(13)15)14-10(16)6-2-3-8(12)7(11)4-6/h2-5H,12H2,1H3,(H2,13,15)(H,14,16). The van der Waals surface area contributed by atoms with Crippen molar-refractivity contribution in [2.75, 3.05) is 5.73 Å². The minimum absolute atomic E-state index is 0.291. The Kier molecular flexibility index (Phi) is 3.73. The molecule has 0 spiro atoms. The molecule has 16 heavy (non-hydrogen) atoms. The Balaban J connectivity index is 2.81. The second kappa shape index (κ2) is 4.85. The number of carbonyl (C=O) groups excluding carboxylic acids is 2. The third-order valence-corrected chi connectivity index (χ3v) is 2.36. The van der Waals surface area contributed by atoms with Crippen molar-refractivity contribution >= 4 is 29.1 Å². The van der Waals surface area contributed by atoms with Gasteiger partial charge in [0.15, 0.2) is 0 Å². The summed E-state index contributed by atoms with van der Waals surface area (Å²) in [5.41, 5.74) is 11.2. The molecule has 0 aliphatic rings. The van der Waals surface area contributed by atoms with Gasteiger partial charge in [0.05, 0.1) is 10.7 Å². The Hall–Kier alpha value is -1.75. The lowest BCUT2D eigenvalue weighted by Gasteiger charge is -2.10. The number of rotatable bonds is 3. The first-order valence-electron chi connectivity index (χ1n) is 4.57. The second-order valence-electron chi connectivity index (χ2n) is 3.33. The van der Waals surface area contributed by atoms with Gasteiger partial charge in [-0.05, 0) is 25.1 Å². The third-order valence-electron chi connectivity index (χ3n) is 2.04. The minimum atomic E-state index is -0.733. The normalized spacial score (nSPS) is 11.9. The van der Waals surface area contributed by atoms with Crippen LogP contribution >= 0.6 is 11.6 Å². The van der Waals surface area contributed by atoms with Crippen molar-refractivity contribution in [3.63, 3.8) is 0 Å². The Morgan fingerprint density at radius 3 is 2.56 bits per heavy atom. The minimum Gasteiger partial charge on any atom is -0.398 e. The van der Waals surface area contributed by atoms with Crippen LogP contribution in [0.15, 0.2) is 18.2 Å². The van der Waals surface area contributed by atoms with E-state index >= 15 is 0 Å². The summed E-state index contributed by atoms with van der Waals surface area (Å²) >= 11 is 5.76. The van der Waals surface area contributed by atoms with E-state index in [0.717, 1.165) is 0 Å². The van der Waals surface area contributed by atoms with Crippen LogP contribution in [0.5, 0.6) is 0 Å². The fraction of sp³-hybridized carbons (Fsp3) is 0.200. The molecule has 0 saturated heterocycles. The van der Waals surface area contributed by atoms with Crippen LogP contribution in [0.4, 0.5) is 5.69 Å². The van der Waals surface area contributed by atoms with Crippen molar-refractivity contribution in [3.8, 4) is 0 Å². The van der Waals surface area contributed by atoms with Crippen molar-refractivity contribution in [1.29, 1.82) is 0 Å². The van der Waals surface area contributed by atoms with E-state index < -0.39 is 17.9 Å². The van der Waals surface area contributed by atoms with Crippen molar-refractivity contribution < 1.29 is 9.59 Å². The number of hydrogen-bond acceptors (Lipinski definition) is 3. The molecule has 0 aliphatic heterocycles. The maximum absolute atomic E-state index is 11.6. The van der Waals surface area contributed by atoms with E-state index in [1.54, 1.807) is 0 Å². The number of primary amides is 1. The summed E-state index contributed by atoms with van der Waals surface area (Å²) in [5.74, 6) is -1.02. The molecule has 0 bridgehead atoms. The van der Waals surface area contributed by atoms with Gasteiger partial charge < -0.3 is 16.8 Å². The van der Waals surface area contributed by atoms with E-state index in [9.17, 15) is 9.59 Å². The molecule has 5 N–H and O–H groups in total. The van der Waals surface area contributed by atoms with Gasteiger partial charge >= 0.3 is 0 Å². The van der Waals surface area contributed by atoms with Crippen molar-refractivity contribution in [3.05, 3.63) is 28.8 Å². The molecule has 0 aromatic heterocycles. The molecule has 0 fully saturated rings. The van der Waals surface area contributed by atoms with Gasteiger partial charge in [0.1, 0.15) is 6.04 Å². The highest BCUT2D eigenvalue weighted by Crippen LogP contribution is 2.19. The lowest BCUT2D eigenvalue weighted by molar-refractivity contribution is -0.119. The molecule has 0 saturated carbocycles. The van der Waals surface area contributed by atoms with Crippen LogP contribution in [0.1, 0.15) is 17.3 Å². The van der Waals surface area contributed by atoms with Gasteiger partial charge in [0.2, 0.25) is 5.91 Å². The number of anilines is 1. The zero-order valence-corrected chi connectivity index (χ0v) is 9.41. The maximum atomic E-state index is 11.6. The number of benzene rings is 1. The summed E-state index contributed by atoms with van der Waals surface area (Å²) in [7, 11) is 0. The molecule has 1 atom stereocenters. The predicted octanol–water partition coefficient (Wildman–Crippen LogP) is 0.526. The average Bonchev–Trinajstić information content (AvgIpc) is 2.21. The molecule has 1 aromatic carbocycles.